The highest BCUT2D eigenvalue weighted by atomic mass is 16.5. The Kier molecular flexibility index (Phi) is 1.22. The van der Waals surface area contributed by atoms with Crippen molar-refractivity contribution in [2.75, 3.05) is 7.11 Å². The van der Waals surface area contributed by atoms with Crippen LogP contribution in [0.25, 0.3) is 0 Å². The van der Waals surface area contributed by atoms with Crippen molar-refractivity contribution in [2.45, 2.75) is 19.3 Å². The van der Waals surface area contributed by atoms with E-state index in [1.54, 1.807) is 0 Å². The quantitative estimate of drug-likeness (QED) is 0.512. The number of methoxy groups -OCH3 is 1. The fraction of sp³-hybridized carbons (Fsp3) is 0.875. The van der Waals surface area contributed by atoms with Gasteiger partial charge < -0.3 is 4.74 Å². The van der Waals surface area contributed by atoms with E-state index in [2.05, 4.69) is 4.74 Å². The van der Waals surface area contributed by atoms with Gasteiger partial charge in [-0.2, -0.15) is 0 Å². The van der Waals surface area contributed by atoms with E-state index in [-0.39, 0.29) is 5.97 Å². The number of carbonyl (C=O) groups is 1. The Labute approximate surface area is 60.6 Å². The number of fused-ring (bicyclic) bond motifs is 1. The van der Waals surface area contributed by atoms with Gasteiger partial charge in [0.05, 0.1) is 13.0 Å². The summed E-state index contributed by atoms with van der Waals surface area (Å²) in [7, 11) is 1.48. The molecule has 0 saturated heterocycles. The largest absolute Gasteiger partial charge is 0.469 e. The first kappa shape index (κ1) is 6.20. The molecule has 0 unspecified atom stereocenters. The smallest absolute Gasteiger partial charge is 0.309 e. The highest BCUT2D eigenvalue weighted by Crippen LogP contribution is 2.57. The zero-order chi connectivity index (χ0) is 7.14. The summed E-state index contributed by atoms with van der Waals surface area (Å²) in [5.41, 5.74) is 0. The van der Waals surface area contributed by atoms with E-state index in [4.69, 9.17) is 0 Å². The minimum absolute atomic E-state index is 0.0229. The lowest BCUT2D eigenvalue weighted by molar-refractivity contribution is -0.143. The summed E-state index contributed by atoms with van der Waals surface area (Å²) in [6.45, 7) is 0. The molecule has 2 nitrogen and oxygen atoms in total. The lowest BCUT2D eigenvalue weighted by Crippen LogP contribution is -2.06. The normalized spacial score (nSPS) is 42.7. The van der Waals surface area contributed by atoms with Crippen molar-refractivity contribution < 1.29 is 9.53 Å². The predicted molar refractivity (Wildman–Crippen MR) is 36.3 cm³/mol. The molecule has 0 bridgehead atoms. The molecule has 2 aliphatic carbocycles. The van der Waals surface area contributed by atoms with Gasteiger partial charge in [0, 0.05) is 0 Å². The molecule has 0 N–H and O–H groups in total. The van der Waals surface area contributed by atoms with Gasteiger partial charge in [-0.3, -0.25) is 4.79 Å². The van der Waals surface area contributed by atoms with Crippen LogP contribution in [0.1, 0.15) is 19.3 Å². The third-order valence-electron chi connectivity index (χ3n) is 2.88. The first-order valence-corrected chi connectivity index (χ1v) is 3.92. The highest BCUT2D eigenvalue weighted by molar-refractivity contribution is 5.76. The van der Waals surface area contributed by atoms with Crippen LogP contribution in [0.2, 0.25) is 0 Å². The number of hydrogen-bond donors (Lipinski definition) is 0. The molecule has 0 amide bonds. The Balaban J connectivity index is 1.94. The second kappa shape index (κ2) is 1.97. The van der Waals surface area contributed by atoms with Crippen LogP contribution >= 0.6 is 0 Å². The Hall–Kier alpha value is -0.530. The Bertz CT molecular complexity index is 155. The van der Waals surface area contributed by atoms with Crippen molar-refractivity contribution in [2.24, 2.45) is 17.8 Å². The maximum Gasteiger partial charge on any atom is 0.309 e. The molecule has 2 saturated carbocycles. The Morgan fingerprint density at radius 2 is 2.00 bits per heavy atom. The van der Waals surface area contributed by atoms with E-state index < -0.39 is 0 Å². The Morgan fingerprint density at radius 1 is 1.40 bits per heavy atom. The van der Waals surface area contributed by atoms with E-state index >= 15 is 0 Å². The molecule has 0 aromatic carbocycles. The van der Waals surface area contributed by atoms with Gasteiger partial charge in [0.2, 0.25) is 0 Å². The monoisotopic (exact) mass is 140 g/mol. The lowest BCUT2D eigenvalue weighted by Gasteiger charge is -1.98. The first-order chi connectivity index (χ1) is 4.84. The summed E-state index contributed by atoms with van der Waals surface area (Å²) in [4.78, 5) is 11.0. The van der Waals surface area contributed by atoms with Gasteiger partial charge in [0.25, 0.3) is 0 Å². The van der Waals surface area contributed by atoms with Gasteiger partial charge in [-0.15, -0.1) is 0 Å². The lowest BCUT2D eigenvalue weighted by atomic mass is 10.1. The molecule has 0 heterocycles. The maximum absolute atomic E-state index is 11.0. The van der Waals surface area contributed by atoms with Crippen molar-refractivity contribution in [3.63, 3.8) is 0 Å². The molecule has 2 rings (SSSR count). The van der Waals surface area contributed by atoms with Gasteiger partial charge in [-0.1, -0.05) is 6.42 Å². The molecule has 10 heavy (non-hydrogen) atoms. The average molecular weight is 140 g/mol. The van der Waals surface area contributed by atoms with Gasteiger partial charge in [-0.25, -0.2) is 0 Å². The van der Waals surface area contributed by atoms with Gasteiger partial charge >= 0.3 is 5.97 Å². The molecule has 2 atom stereocenters. The predicted octanol–water partition coefficient (Wildman–Crippen LogP) is 1.21. The molecule has 2 fully saturated rings. The van der Waals surface area contributed by atoms with Crippen LogP contribution in [-0.2, 0) is 9.53 Å². The standard InChI is InChI=1S/C8H12O2/c1-10-8(9)7-5-3-2-4-6(5)7/h5-7H,2-4H2,1H3/t5-,6-/m1/s1. The van der Waals surface area contributed by atoms with Crippen LogP contribution in [0.5, 0.6) is 0 Å². The van der Waals surface area contributed by atoms with Gasteiger partial charge in [0.15, 0.2) is 0 Å². The molecular weight excluding hydrogens is 128 g/mol. The zero-order valence-electron chi connectivity index (χ0n) is 6.17. The molecule has 2 aliphatic rings. The van der Waals surface area contributed by atoms with Crippen LogP contribution in [0.15, 0.2) is 0 Å². The van der Waals surface area contributed by atoms with Crippen LogP contribution in [0.4, 0.5) is 0 Å². The van der Waals surface area contributed by atoms with Crippen molar-refractivity contribution in [3.05, 3.63) is 0 Å². The number of esters is 1. The highest BCUT2D eigenvalue weighted by Gasteiger charge is 2.57. The molecular formula is C8H12O2. The van der Waals surface area contributed by atoms with Crippen LogP contribution < -0.4 is 0 Å². The number of hydrogen-bond acceptors (Lipinski definition) is 2. The third kappa shape index (κ3) is 0.678. The third-order valence-corrected chi connectivity index (χ3v) is 2.88. The van der Waals surface area contributed by atoms with Crippen molar-refractivity contribution in [1.29, 1.82) is 0 Å². The fourth-order valence-electron chi connectivity index (χ4n) is 2.31. The van der Waals surface area contributed by atoms with Gasteiger partial charge in [-0.05, 0) is 24.7 Å². The Morgan fingerprint density at radius 3 is 2.50 bits per heavy atom. The summed E-state index contributed by atoms with van der Waals surface area (Å²) >= 11 is 0. The number of carbonyl (C=O) groups excluding carboxylic acids is 1. The number of rotatable bonds is 1. The topological polar surface area (TPSA) is 26.3 Å². The second-order valence-corrected chi connectivity index (χ2v) is 3.31. The summed E-state index contributed by atoms with van der Waals surface area (Å²) in [5.74, 6) is 1.72. The molecule has 0 radical (unpaired) electrons. The minimum Gasteiger partial charge on any atom is -0.469 e. The summed E-state index contributed by atoms with van der Waals surface area (Å²) in [5, 5.41) is 0. The molecule has 2 heteroatoms. The molecule has 56 valence electrons. The van der Waals surface area contributed by atoms with Crippen molar-refractivity contribution >= 4 is 5.97 Å². The minimum atomic E-state index is 0.0229. The van der Waals surface area contributed by atoms with Crippen LogP contribution in [-0.4, -0.2) is 13.1 Å². The van der Waals surface area contributed by atoms with E-state index in [1.807, 2.05) is 0 Å². The van der Waals surface area contributed by atoms with Crippen molar-refractivity contribution in [3.8, 4) is 0 Å². The average Bonchev–Trinajstić information content (AvgIpc) is 2.43. The SMILES string of the molecule is COC(=O)C1[C@@H]2CCC[C@@H]12. The zero-order valence-corrected chi connectivity index (χ0v) is 6.17. The molecule has 0 aliphatic heterocycles. The van der Waals surface area contributed by atoms with Crippen LogP contribution in [0.3, 0.4) is 0 Å². The first-order valence-electron chi connectivity index (χ1n) is 3.92. The summed E-state index contributed by atoms with van der Waals surface area (Å²) in [6, 6.07) is 0. The van der Waals surface area contributed by atoms with E-state index in [9.17, 15) is 4.79 Å². The van der Waals surface area contributed by atoms with Crippen LogP contribution in [0, 0.1) is 17.8 Å². The molecule has 0 spiro atoms. The van der Waals surface area contributed by atoms with E-state index in [0.29, 0.717) is 17.8 Å². The van der Waals surface area contributed by atoms with E-state index in [1.165, 1.54) is 26.4 Å². The molecule has 0 aromatic heterocycles. The maximum atomic E-state index is 11.0. The second-order valence-electron chi connectivity index (χ2n) is 3.31. The summed E-state index contributed by atoms with van der Waals surface area (Å²) in [6.07, 6.45) is 3.83. The van der Waals surface area contributed by atoms with Gasteiger partial charge in [0.1, 0.15) is 0 Å². The number of ether oxygens (including phenoxy) is 1. The summed E-state index contributed by atoms with van der Waals surface area (Å²) < 4.78 is 4.67. The fourth-order valence-corrected chi connectivity index (χ4v) is 2.31. The molecule has 0 aromatic rings. The van der Waals surface area contributed by atoms with E-state index in [0.717, 1.165) is 0 Å². The van der Waals surface area contributed by atoms with Crippen molar-refractivity contribution in [1.82, 2.24) is 0 Å².